The molecular formula is C27H35IO4. The fraction of sp³-hybridized carbons (Fsp3) is 0.259. The van der Waals surface area contributed by atoms with Crippen molar-refractivity contribution >= 4 is 29.5 Å². The molecule has 0 amide bonds. The van der Waals surface area contributed by atoms with Gasteiger partial charge in [0.2, 0.25) is 0 Å². The molecule has 3 aromatic carbocycles. The Bertz CT molecular complexity index is 893. The molecule has 1 aliphatic rings. The molecule has 0 radical (unpaired) electrons. The second-order valence-electron chi connectivity index (χ2n) is 7.83. The number of halogens is 1. The number of ether oxygens (including phenoxy) is 1. The smallest absolute Gasteiger partial charge is 0.114 e. The first-order valence-corrected chi connectivity index (χ1v) is 10.1. The molecule has 4 rings (SSSR count). The van der Waals surface area contributed by atoms with E-state index in [2.05, 4.69) is 37.8 Å². The Labute approximate surface area is 208 Å². The van der Waals surface area contributed by atoms with Crippen molar-refractivity contribution < 1.29 is 20.4 Å². The van der Waals surface area contributed by atoms with E-state index in [1.54, 1.807) is 19.1 Å². The number of benzene rings is 3. The number of rotatable bonds is 4. The number of allylic oxidation sites excluding steroid dienone is 1. The third kappa shape index (κ3) is 9.63. The van der Waals surface area contributed by atoms with E-state index in [1.165, 1.54) is 11.1 Å². The molecule has 0 saturated carbocycles. The highest BCUT2D eigenvalue weighted by Crippen LogP contribution is 2.37. The Morgan fingerprint density at radius 1 is 0.938 bits per heavy atom. The molecule has 3 aromatic rings. The topological polar surface area (TPSA) is 84.5 Å². The van der Waals surface area contributed by atoms with Crippen molar-refractivity contribution in [2.24, 2.45) is 0 Å². The molecule has 1 fully saturated rings. The Morgan fingerprint density at radius 3 is 1.69 bits per heavy atom. The van der Waals surface area contributed by atoms with Gasteiger partial charge in [-0.2, -0.15) is 0 Å². The first-order chi connectivity index (χ1) is 14.3. The van der Waals surface area contributed by atoms with E-state index in [1.807, 2.05) is 61.5 Å². The average molecular weight is 550 g/mol. The lowest BCUT2D eigenvalue weighted by Gasteiger charge is -2.20. The van der Waals surface area contributed by atoms with Crippen LogP contribution >= 0.6 is 24.0 Å². The maximum Gasteiger partial charge on any atom is 0.114 e. The van der Waals surface area contributed by atoms with Crippen LogP contribution in [0, 0.1) is 0 Å². The lowest BCUT2D eigenvalue weighted by atomic mass is 9.97. The summed E-state index contributed by atoms with van der Waals surface area (Å²) in [6, 6.07) is 29.6. The molecule has 2 unspecified atom stereocenters. The van der Waals surface area contributed by atoms with Gasteiger partial charge in [-0.05, 0) is 37.5 Å². The van der Waals surface area contributed by atoms with E-state index in [9.17, 15) is 5.11 Å². The van der Waals surface area contributed by atoms with Gasteiger partial charge in [0.15, 0.2) is 0 Å². The zero-order valence-electron chi connectivity index (χ0n) is 19.0. The fourth-order valence-electron chi connectivity index (χ4n) is 2.68. The molecule has 32 heavy (non-hydrogen) atoms. The van der Waals surface area contributed by atoms with Crippen molar-refractivity contribution in [3.8, 4) is 0 Å². The molecule has 1 saturated heterocycles. The molecule has 0 aliphatic carbocycles. The highest BCUT2D eigenvalue weighted by molar-refractivity contribution is 14.0. The second-order valence-corrected chi connectivity index (χ2v) is 7.83. The highest BCUT2D eigenvalue weighted by Gasteiger charge is 2.40. The zero-order chi connectivity index (χ0) is 22.0. The molecule has 1 aliphatic heterocycles. The predicted octanol–water partition coefficient (Wildman–Crippen LogP) is 5.33. The van der Waals surface area contributed by atoms with Crippen LogP contribution in [0.2, 0.25) is 0 Å². The van der Waals surface area contributed by atoms with E-state index in [-0.39, 0.29) is 41.7 Å². The molecule has 0 spiro atoms. The first-order valence-electron chi connectivity index (χ1n) is 10.1. The van der Waals surface area contributed by atoms with Gasteiger partial charge in [-0.3, -0.25) is 0 Å². The number of hydrogen-bond donors (Lipinski definition) is 2. The van der Waals surface area contributed by atoms with Gasteiger partial charge >= 0.3 is 0 Å². The van der Waals surface area contributed by atoms with Gasteiger partial charge < -0.3 is 20.4 Å². The highest BCUT2D eigenvalue weighted by atomic mass is 127. The van der Waals surface area contributed by atoms with Crippen LogP contribution in [0.5, 0.6) is 0 Å². The largest absolute Gasteiger partial charge is 0.412 e. The van der Waals surface area contributed by atoms with Crippen LogP contribution < -0.4 is 0 Å². The van der Waals surface area contributed by atoms with Gasteiger partial charge in [0.1, 0.15) is 11.2 Å². The number of hydrogen-bond acceptors (Lipinski definition) is 3. The molecule has 174 valence electrons. The van der Waals surface area contributed by atoms with Gasteiger partial charge in [-0.15, -0.1) is 24.0 Å². The van der Waals surface area contributed by atoms with Crippen molar-refractivity contribution in [2.75, 3.05) is 13.2 Å². The summed E-state index contributed by atoms with van der Waals surface area (Å²) in [4.78, 5) is 0. The van der Waals surface area contributed by atoms with Gasteiger partial charge in [0.25, 0.3) is 0 Å². The van der Waals surface area contributed by atoms with Gasteiger partial charge in [-0.25, -0.2) is 0 Å². The minimum atomic E-state index is -1.11. The van der Waals surface area contributed by atoms with E-state index < -0.39 is 5.60 Å². The number of epoxide rings is 1. The van der Waals surface area contributed by atoms with Crippen molar-refractivity contribution in [3.63, 3.8) is 0 Å². The monoisotopic (exact) mass is 550 g/mol. The number of aliphatic hydroxyl groups is 2. The normalized spacial score (nSPS) is 17.4. The van der Waals surface area contributed by atoms with Crippen molar-refractivity contribution in [2.45, 2.75) is 32.0 Å². The first kappa shape index (κ1) is 30.0. The Hall–Kier alpha value is -2.03. The summed E-state index contributed by atoms with van der Waals surface area (Å²) in [5, 5.41) is 18.3. The molecule has 4 N–H and O–H groups in total. The Balaban J connectivity index is 0.000000439. The van der Waals surface area contributed by atoms with Crippen molar-refractivity contribution in [1.82, 2.24) is 0 Å². The Morgan fingerprint density at radius 2 is 1.34 bits per heavy atom. The van der Waals surface area contributed by atoms with E-state index in [0.717, 1.165) is 17.7 Å². The van der Waals surface area contributed by atoms with E-state index in [0.29, 0.717) is 0 Å². The summed E-state index contributed by atoms with van der Waals surface area (Å²) in [6.45, 7) is 10.2. The zero-order valence-corrected chi connectivity index (χ0v) is 21.3. The van der Waals surface area contributed by atoms with Crippen LogP contribution in [0.15, 0.2) is 97.6 Å². The maximum absolute atomic E-state index is 9.54. The summed E-state index contributed by atoms with van der Waals surface area (Å²) in [5.41, 5.74) is 3.30. The summed E-state index contributed by atoms with van der Waals surface area (Å²) < 4.78 is 5.28. The predicted molar refractivity (Wildman–Crippen MR) is 143 cm³/mol. The lowest BCUT2D eigenvalue weighted by Crippen LogP contribution is -2.25. The molecule has 0 bridgehead atoms. The minimum Gasteiger partial charge on any atom is -0.412 e. The molecular weight excluding hydrogens is 515 g/mol. The van der Waals surface area contributed by atoms with E-state index >= 15 is 0 Å². The van der Waals surface area contributed by atoms with Crippen LogP contribution in [-0.2, 0) is 15.9 Å². The van der Waals surface area contributed by atoms with Crippen LogP contribution in [0.1, 0.15) is 37.5 Å². The Kier molecular flexibility index (Phi) is 13.3. The number of aliphatic hydroxyl groups excluding tert-OH is 1. The van der Waals surface area contributed by atoms with Crippen LogP contribution in [0.4, 0.5) is 0 Å². The summed E-state index contributed by atoms with van der Waals surface area (Å²) in [5.74, 6) is 0. The maximum atomic E-state index is 9.54. The second kappa shape index (κ2) is 14.2. The lowest BCUT2D eigenvalue weighted by molar-refractivity contribution is -0.00228. The van der Waals surface area contributed by atoms with E-state index in [4.69, 9.17) is 9.84 Å². The fourth-order valence-corrected chi connectivity index (χ4v) is 2.68. The third-order valence-corrected chi connectivity index (χ3v) is 4.93. The quantitative estimate of drug-likeness (QED) is 0.340. The average Bonchev–Trinajstić information content (AvgIpc) is 3.55. The van der Waals surface area contributed by atoms with Crippen LogP contribution in [0.3, 0.4) is 0 Å². The van der Waals surface area contributed by atoms with Crippen molar-refractivity contribution in [3.05, 3.63) is 114 Å². The molecule has 0 aromatic heterocycles. The standard InChI is InChI=1S/C9H12O2.C9H10O.C9H10.HI.H2O/c1-9(11,7-10)8-5-3-2-4-6-8;1-9(7-10-9)8-5-3-2-4-6-8;1-8(2)9-6-4-3-5-7-9;;/h2-6,10-11H,7H2,1H3;2-6H,7H2,1H3;3-7H,1H2,2H3;1H;1H2. The van der Waals surface area contributed by atoms with Gasteiger partial charge in [0.05, 0.1) is 13.2 Å². The van der Waals surface area contributed by atoms with Crippen molar-refractivity contribution in [1.29, 1.82) is 0 Å². The molecule has 4 nitrogen and oxygen atoms in total. The third-order valence-electron chi connectivity index (χ3n) is 4.93. The summed E-state index contributed by atoms with van der Waals surface area (Å²) in [7, 11) is 0. The molecule has 5 heteroatoms. The molecule has 1 heterocycles. The van der Waals surface area contributed by atoms with Gasteiger partial charge in [0, 0.05) is 0 Å². The van der Waals surface area contributed by atoms with Crippen LogP contribution in [0.25, 0.3) is 5.57 Å². The van der Waals surface area contributed by atoms with Gasteiger partial charge in [-0.1, -0.05) is 103 Å². The SMILES string of the molecule is C=C(C)c1ccccc1.CC(O)(CO)c1ccccc1.CC1(c2ccccc2)CO1.I.O. The molecule has 2 atom stereocenters. The minimum absolute atomic E-state index is 0. The summed E-state index contributed by atoms with van der Waals surface area (Å²) in [6.07, 6.45) is 0. The summed E-state index contributed by atoms with van der Waals surface area (Å²) >= 11 is 0. The van der Waals surface area contributed by atoms with Crippen LogP contribution in [-0.4, -0.2) is 28.9 Å².